The zero-order valence-corrected chi connectivity index (χ0v) is 11.0. The molecule has 0 bridgehead atoms. The molecule has 0 spiro atoms. The molecule has 1 atom stereocenters. The maximum atomic E-state index is 9.31. The Morgan fingerprint density at radius 2 is 1.80 bits per heavy atom. The molecule has 2 nitrogen and oxygen atoms in total. The quantitative estimate of drug-likeness (QED) is 0.885. The predicted octanol–water partition coefficient (Wildman–Crippen LogP) is 3.27. The van der Waals surface area contributed by atoms with E-state index in [0.717, 1.165) is 10.2 Å². The molecule has 1 aromatic rings. The summed E-state index contributed by atoms with van der Waals surface area (Å²) in [4.78, 5) is 0. The highest BCUT2D eigenvalue weighted by atomic mass is 79.9. The number of nitrogens with one attached hydrogen (secondary N) is 1. The number of anilines is 1. The summed E-state index contributed by atoms with van der Waals surface area (Å²) in [5.74, 6) is 0. The third-order valence-electron chi connectivity index (χ3n) is 2.41. The SMILES string of the molecule is CC(C)(C)C(CO)Nc1ccc(Br)cc1. The molecular weight excluding hydrogens is 254 g/mol. The number of hydrogen-bond donors (Lipinski definition) is 2. The van der Waals surface area contributed by atoms with Crippen LogP contribution >= 0.6 is 15.9 Å². The van der Waals surface area contributed by atoms with Crippen molar-refractivity contribution in [1.29, 1.82) is 0 Å². The second-order valence-corrected chi connectivity index (χ2v) is 5.67. The molecule has 2 N–H and O–H groups in total. The van der Waals surface area contributed by atoms with Crippen molar-refractivity contribution in [2.45, 2.75) is 26.8 Å². The van der Waals surface area contributed by atoms with Gasteiger partial charge in [0.1, 0.15) is 0 Å². The number of rotatable bonds is 3. The Morgan fingerprint density at radius 3 is 2.20 bits per heavy atom. The Kier molecular flexibility index (Phi) is 4.17. The van der Waals surface area contributed by atoms with Crippen LogP contribution in [0.2, 0.25) is 0 Å². The van der Waals surface area contributed by atoms with E-state index in [-0.39, 0.29) is 18.1 Å². The topological polar surface area (TPSA) is 32.3 Å². The molecule has 0 amide bonds. The highest BCUT2D eigenvalue weighted by Gasteiger charge is 2.23. The van der Waals surface area contributed by atoms with Crippen LogP contribution in [0.25, 0.3) is 0 Å². The lowest BCUT2D eigenvalue weighted by Crippen LogP contribution is -2.37. The van der Waals surface area contributed by atoms with Gasteiger partial charge in [0.15, 0.2) is 0 Å². The standard InChI is InChI=1S/C12H18BrNO/c1-12(2,3)11(8-15)14-10-6-4-9(13)5-7-10/h4-7,11,14-15H,8H2,1-3H3. The molecule has 0 heterocycles. The van der Waals surface area contributed by atoms with Gasteiger partial charge in [-0.1, -0.05) is 36.7 Å². The van der Waals surface area contributed by atoms with Crippen LogP contribution < -0.4 is 5.32 Å². The molecule has 0 aromatic heterocycles. The first-order valence-electron chi connectivity index (χ1n) is 5.06. The Balaban J connectivity index is 2.71. The van der Waals surface area contributed by atoms with Crippen molar-refractivity contribution in [3.63, 3.8) is 0 Å². The summed E-state index contributed by atoms with van der Waals surface area (Å²) in [5, 5.41) is 12.6. The summed E-state index contributed by atoms with van der Waals surface area (Å²) in [7, 11) is 0. The molecule has 0 saturated heterocycles. The van der Waals surface area contributed by atoms with E-state index in [1.165, 1.54) is 0 Å². The van der Waals surface area contributed by atoms with Gasteiger partial charge in [0.25, 0.3) is 0 Å². The molecule has 1 aromatic carbocycles. The molecule has 0 radical (unpaired) electrons. The molecule has 0 aliphatic heterocycles. The van der Waals surface area contributed by atoms with E-state index in [1.54, 1.807) is 0 Å². The first kappa shape index (κ1) is 12.5. The van der Waals surface area contributed by atoms with Crippen molar-refractivity contribution in [1.82, 2.24) is 0 Å². The van der Waals surface area contributed by atoms with Gasteiger partial charge in [-0.05, 0) is 29.7 Å². The Labute approximate surface area is 99.8 Å². The predicted molar refractivity (Wildman–Crippen MR) is 68.1 cm³/mol. The highest BCUT2D eigenvalue weighted by Crippen LogP contribution is 2.23. The first-order chi connectivity index (χ1) is 6.93. The van der Waals surface area contributed by atoms with E-state index in [9.17, 15) is 5.11 Å². The second-order valence-electron chi connectivity index (χ2n) is 4.75. The van der Waals surface area contributed by atoms with E-state index in [4.69, 9.17) is 0 Å². The summed E-state index contributed by atoms with van der Waals surface area (Å²) in [6.07, 6.45) is 0. The zero-order chi connectivity index (χ0) is 11.5. The van der Waals surface area contributed by atoms with Crippen molar-refractivity contribution in [2.75, 3.05) is 11.9 Å². The number of aliphatic hydroxyl groups is 1. The third kappa shape index (κ3) is 3.84. The van der Waals surface area contributed by atoms with Crippen LogP contribution in [-0.2, 0) is 0 Å². The van der Waals surface area contributed by atoms with Crippen LogP contribution in [0, 0.1) is 5.41 Å². The highest BCUT2D eigenvalue weighted by molar-refractivity contribution is 9.10. The second kappa shape index (κ2) is 4.99. The molecule has 15 heavy (non-hydrogen) atoms. The summed E-state index contributed by atoms with van der Waals surface area (Å²) >= 11 is 3.39. The third-order valence-corrected chi connectivity index (χ3v) is 2.94. The van der Waals surface area contributed by atoms with Crippen molar-refractivity contribution in [3.05, 3.63) is 28.7 Å². The molecule has 1 rings (SSSR count). The van der Waals surface area contributed by atoms with Gasteiger partial charge in [-0.15, -0.1) is 0 Å². The van der Waals surface area contributed by atoms with Crippen LogP contribution in [0.5, 0.6) is 0 Å². The van der Waals surface area contributed by atoms with Crippen LogP contribution in [0.4, 0.5) is 5.69 Å². The minimum absolute atomic E-state index is 0.0435. The smallest absolute Gasteiger partial charge is 0.0637 e. The minimum Gasteiger partial charge on any atom is -0.394 e. The van der Waals surface area contributed by atoms with Gasteiger partial charge in [-0.25, -0.2) is 0 Å². The average molecular weight is 272 g/mol. The summed E-state index contributed by atoms with van der Waals surface area (Å²) < 4.78 is 1.06. The summed E-state index contributed by atoms with van der Waals surface area (Å²) in [6, 6.07) is 8.04. The summed E-state index contributed by atoms with van der Waals surface area (Å²) in [5.41, 5.74) is 1.08. The fourth-order valence-electron chi connectivity index (χ4n) is 1.28. The lowest BCUT2D eigenvalue weighted by molar-refractivity contribution is 0.202. The van der Waals surface area contributed by atoms with Crippen molar-refractivity contribution < 1.29 is 5.11 Å². The fraction of sp³-hybridized carbons (Fsp3) is 0.500. The molecule has 3 heteroatoms. The molecule has 0 aliphatic rings. The normalized spacial score (nSPS) is 13.7. The monoisotopic (exact) mass is 271 g/mol. The molecule has 0 fully saturated rings. The van der Waals surface area contributed by atoms with Crippen LogP contribution in [0.15, 0.2) is 28.7 Å². The van der Waals surface area contributed by atoms with E-state index in [0.29, 0.717) is 0 Å². The largest absolute Gasteiger partial charge is 0.394 e. The van der Waals surface area contributed by atoms with Gasteiger partial charge < -0.3 is 10.4 Å². The van der Waals surface area contributed by atoms with Gasteiger partial charge in [0.05, 0.1) is 12.6 Å². The van der Waals surface area contributed by atoms with Gasteiger partial charge in [0.2, 0.25) is 0 Å². The van der Waals surface area contributed by atoms with Crippen LogP contribution in [-0.4, -0.2) is 17.8 Å². The van der Waals surface area contributed by atoms with Crippen molar-refractivity contribution in [3.8, 4) is 0 Å². The van der Waals surface area contributed by atoms with Gasteiger partial charge in [-0.2, -0.15) is 0 Å². The van der Waals surface area contributed by atoms with E-state index >= 15 is 0 Å². The number of hydrogen-bond acceptors (Lipinski definition) is 2. The number of aliphatic hydroxyl groups excluding tert-OH is 1. The van der Waals surface area contributed by atoms with E-state index < -0.39 is 0 Å². The van der Waals surface area contributed by atoms with Crippen molar-refractivity contribution >= 4 is 21.6 Å². The number of halogens is 1. The molecule has 0 aliphatic carbocycles. The molecular formula is C12H18BrNO. The molecule has 0 saturated carbocycles. The van der Waals surface area contributed by atoms with E-state index in [1.807, 2.05) is 24.3 Å². The fourth-order valence-corrected chi connectivity index (χ4v) is 1.55. The van der Waals surface area contributed by atoms with Gasteiger partial charge >= 0.3 is 0 Å². The molecule has 1 unspecified atom stereocenters. The lowest BCUT2D eigenvalue weighted by Gasteiger charge is -2.30. The Bertz CT molecular complexity index is 302. The Morgan fingerprint density at radius 1 is 1.27 bits per heavy atom. The lowest BCUT2D eigenvalue weighted by atomic mass is 9.87. The first-order valence-corrected chi connectivity index (χ1v) is 5.86. The minimum atomic E-state index is 0.0435. The van der Waals surface area contributed by atoms with E-state index in [2.05, 4.69) is 42.0 Å². The maximum Gasteiger partial charge on any atom is 0.0637 e. The van der Waals surface area contributed by atoms with Gasteiger partial charge in [0, 0.05) is 10.2 Å². The van der Waals surface area contributed by atoms with Crippen LogP contribution in [0.3, 0.4) is 0 Å². The van der Waals surface area contributed by atoms with Gasteiger partial charge in [-0.3, -0.25) is 0 Å². The zero-order valence-electron chi connectivity index (χ0n) is 9.42. The van der Waals surface area contributed by atoms with Crippen LogP contribution in [0.1, 0.15) is 20.8 Å². The average Bonchev–Trinajstić information content (AvgIpc) is 2.15. The maximum absolute atomic E-state index is 9.31. The van der Waals surface area contributed by atoms with Crippen molar-refractivity contribution in [2.24, 2.45) is 5.41 Å². The number of benzene rings is 1. The molecule has 84 valence electrons. The summed E-state index contributed by atoms with van der Waals surface area (Å²) in [6.45, 7) is 6.47. The Hall–Kier alpha value is -0.540.